The van der Waals surface area contributed by atoms with E-state index in [1.807, 2.05) is 6.20 Å². The molecule has 2 fully saturated rings. The first kappa shape index (κ1) is 26.7. The third kappa shape index (κ3) is 5.33. The summed E-state index contributed by atoms with van der Waals surface area (Å²) in [5.74, 6) is 0. The van der Waals surface area contributed by atoms with Gasteiger partial charge < -0.3 is 19.3 Å². The summed E-state index contributed by atoms with van der Waals surface area (Å²) in [4.78, 5) is 10.2. The summed E-state index contributed by atoms with van der Waals surface area (Å²) in [5, 5.41) is 11.4. The topological polar surface area (TPSA) is 53.8 Å². The van der Waals surface area contributed by atoms with E-state index in [2.05, 4.69) is 82.3 Å². The zero-order valence-corrected chi connectivity index (χ0v) is 24.5. The van der Waals surface area contributed by atoms with Crippen LogP contribution in [-0.4, -0.2) is 65.5 Å². The van der Waals surface area contributed by atoms with Crippen molar-refractivity contribution in [3.63, 3.8) is 0 Å². The third-order valence-electron chi connectivity index (χ3n) is 8.17. The molecular weight excluding hydrogens is 528 g/mol. The molecule has 0 amide bonds. The van der Waals surface area contributed by atoms with Crippen molar-refractivity contribution in [1.82, 2.24) is 14.5 Å². The van der Waals surface area contributed by atoms with Crippen LogP contribution in [0.3, 0.4) is 0 Å². The van der Waals surface area contributed by atoms with Crippen LogP contribution in [0, 0.1) is 5.41 Å². The summed E-state index contributed by atoms with van der Waals surface area (Å²) in [6, 6.07) is 9.70. The number of aryl methyl sites for hydroxylation is 1. The first-order chi connectivity index (χ1) is 17.8. The molecule has 0 bridgehead atoms. The molecule has 1 saturated carbocycles. The molecular formula is C30H41BrN4O2. The van der Waals surface area contributed by atoms with Gasteiger partial charge in [0, 0.05) is 73.4 Å². The SMILES string of the molecule is CCn1c(-c2cc(N3CCN(C4CC4)CC3)cnc2C(C)OC)c(CC(C)(C)CO)c2cc(Br)ccc21. The minimum Gasteiger partial charge on any atom is -0.396 e. The predicted octanol–water partition coefficient (Wildman–Crippen LogP) is 6.04. The van der Waals surface area contributed by atoms with Crippen LogP contribution in [0.15, 0.2) is 34.9 Å². The van der Waals surface area contributed by atoms with Crippen LogP contribution >= 0.6 is 15.9 Å². The quantitative estimate of drug-likeness (QED) is 0.341. The number of halogens is 1. The maximum atomic E-state index is 10.2. The Balaban J connectivity index is 1.67. The van der Waals surface area contributed by atoms with Gasteiger partial charge in [-0.15, -0.1) is 0 Å². The van der Waals surface area contributed by atoms with Crippen LogP contribution in [-0.2, 0) is 17.7 Å². The highest BCUT2D eigenvalue weighted by atomic mass is 79.9. The molecule has 1 atom stereocenters. The minimum absolute atomic E-state index is 0.129. The third-order valence-corrected chi connectivity index (χ3v) is 8.66. The summed E-state index contributed by atoms with van der Waals surface area (Å²) in [5.41, 5.74) is 6.70. The first-order valence-corrected chi connectivity index (χ1v) is 14.5. The van der Waals surface area contributed by atoms with Crippen LogP contribution in [0.2, 0.25) is 0 Å². The van der Waals surface area contributed by atoms with Crippen molar-refractivity contribution >= 4 is 32.5 Å². The Bertz CT molecular complexity index is 1260. The number of hydrogen-bond acceptors (Lipinski definition) is 5. The lowest BCUT2D eigenvalue weighted by Crippen LogP contribution is -2.47. The zero-order valence-electron chi connectivity index (χ0n) is 22.9. The second-order valence-corrected chi connectivity index (χ2v) is 12.4. The van der Waals surface area contributed by atoms with Gasteiger partial charge in [0.1, 0.15) is 0 Å². The Morgan fingerprint density at radius 1 is 1.16 bits per heavy atom. The van der Waals surface area contributed by atoms with Crippen molar-refractivity contribution in [2.24, 2.45) is 5.41 Å². The lowest BCUT2D eigenvalue weighted by atomic mass is 9.84. The number of aliphatic hydroxyl groups excluding tert-OH is 1. The molecule has 1 unspecified atom stereocenters. The molecule has 200 valence electrons. The summed E-state index contributed by atoms with van der Waals surface area (Å²) >= 11 is 3.71. The van der Waals surface area contributed by atoms with Gasteiger partial charge in [0.05, 0.1) is 29.4 Å². The largest absolute Gasteiger partial charge is 0.396 e. The van der Waals surface area contributed by atoms with Crippen molar-refractivity contribution < 1.29 is 9.84 Å². The van der Waals surface area contributed by atoms with Gasteiger partial charge >= 0.3 is 0 Å². The molecule has 1 N–H and O–H groups in total. The second-order valence-electron chi connectivity index (χ2n) is 11.5. The number of piperazine rings is 1. The molecule has 0 radical (unpaired) electrons. The molecule has 1 aliphatic heterocycles. The Hall–Kier alpha value is -1.93. The van der Waals surface area contributed by atoms with Gasteiger partial charge in [-0.3, -0.25) is 9.88 Å². The number of pyridine rings is 1. The van der Waals surface area contributed by atoms with Crippen molar-refractivity contribution in [2.75, 3.05) is 44.8 Å². The molecule has 2 aromatic heterocycles. The van der Waals surface area contributed by atoms with Crippen LogP contribution in [0.25, 0.3) is 22.2 Å². The molecule has 1 aromatic carbocycles. The number of rotatable bonds is 9. The summed E-state index contributed by atoms with van der Waals surface area (Å²) in [6.45, 7) is 13.8. The van der Waals surface area contributed by atoms with Gasteiger partial charge in [-0.25, -0.2) is 0 Å². The van der Waals surface area contributed by atoms with Crippen molar-refractivity contribution in [3.05, 3.63) is 46.2 Å². The number of aromatic nitrogens is 2. The van der Waals surface area contributed by atoms with Crippen LogP contribution in [0.4, 0.5) is 5.69 Å². The predicted molar refractivity (Wildman–Crippen MR) is 155 cm³/mol. The van der Waals surface area contributed by atoms with E-state index in [1.165, 1.54) is 40.7 Å². The average Bonchev–Trinajstić information content (AvgIpc) is 3.72. The molecule has 0 spiro atoms. The molecule has 6 nitrogen and oxygen atoms in total. The molecule has 3 heterocycles. The maximum Gasteiger partial charge on any atom is 0.0969 e. The van der Waals surface area contributed by atoms with Crippen molar-refractivity contribution in [3.8, 4) is 11.3 Å². The van der Waals surface area contributed by atoms with E-state index in [-0.39, 0.29) is 18.1 Å². The Kier molecular flexibility index (Phi) is 7.70. The highest BCUT2D eigenvalue weighted by Crippen LogP contribution is 2.42. The van der Waals surface area contributed by atoms with E-state index in [1.54, 1.807) is 7.11 Å². The molecule has 2 aliphatic rings. The number of hydrogen-bond donors (Lipinski definition) is 1. The lowest BCUT2D eigenvalue weighted by Gasteiger charge is -2.36. The summed E-state index contributed by atoms with van der Waals surface area (Å²) < 4.78 is 9.30. The number of benzene rings is 1. The van der Waals surface area contributed by atoms with Crippen molar-refractivity contribution in [2.45, 2.75) is 65.6 Å². The Morgan fingerprint density at radius 2 is 1.89 bits per heavy atom. The highest BCUT2D eigenvalue weighted by Gasteiger charge is 2.32. The lowest BCUT2D eigenvalue weighted by molar-refractivity contribution is 0.116. The van der Waals surface area contributed by atoms with E-state index in [9.17, 15) is 5.11 Å². The fourth-order valence-corrected chi connectivity index (χ4v) is 6.15. The molecule has 7 heteroatoms. The van der Waals surface area contributed by atoms with Gasteiger partial charge in [0.25, 0.3) is 0 Å². The van der Waals surface area contributed by atoms with Crippen molar-refractivity contribution in [1.29, 1.82) is 0 Å². The number of fused-ring (bicyclic) bond motifs is 1. The first-order valence-electron chi connectivity index (χ1n) is 13.7. The normalized spacial score (nSPS) is 18.1. The summed E-state index contributed by atoms with van der Waals surface area (Å²) in [7, 11) is 1.75. The Morgan fingerprint density at radius 3 is 2.51 bits per heavy atom. The van der Waals surface area contributed by atoms with Gasteiger partial charge in [0.15, 0.2) is 0 Å². The van der Waals surface area contributed by atoms with E-state index in [0.717, 1.165) is 60.9 Å². The number of ether oxygens (including phenoxy) is 1. The smallest absolute Gasteiger partial charge is 0.0969 e. The highest BCUT2D eigenvalue weighted by molar-refractivity contribution is 9.10. The number of anilines is 1. The van der Waals surface area contributed by atoms with E-state index in [0.29, 0.717) is 0 Å². The number of aliphatic hydroxyl groups is 1. The van der Waals surface area contributed by atoms with Gasteiger partial charge in [-0.05, 0) is 68.4 Å². The number of methoxy groups -OCH3 is 1. The standard InChI is InChI=1S/C30H41BrN4O2/c1-6-35-27-10-7-21(31)15-24(27)26(17-30(3,4)19-36)29(35)25-16-23(18-32-28(25)20(2)37-5)34-13-11-33(12-14-34)22-8-9-22/h7,10,15-16,18,20,22,36H,6,8-9,11-14,17,19H2,1-5H3. The van der Waals surface area contributed by atoms with Gasteiger partial charge in [-0.1, -0.05) is 29.8 Å². The minimum atomic E-state index is -0.249. The summed E-state index contributed by atoms with van der Waals surface area (Å²) in [6.07, 6.45) is 5.39. The zero-order chi connectivity index (χ0) is 26.3. The van der Waals surface area contributed by atoms with Gasteiger partial charge in [0.2, 0.25) is 0 Å². The van der Waals surface area contributed by atoms with E-state index < -0.39 is 0 Å². The van der Waals surface area contributed by atoms with E-state index in [4.69, 9.17) is 9.72 Å². The Labute approximate surface area is 229 Å². The van der Waals surface area contributed by atoms with Gasteiger partial charge in [-0.2, -0.15) is 0 Å². The maximum absolute atomic E-state index is 10.2. The monoisotopic (exact) mass is 568 g/mol. The average molecular weight is 570 g/mol. The molecule has 5 rings (SSSR count). The van der Waals surface area contributed by atoms with Crippen LogP contribution in [0.1, 0.15) is 57.9 Å². The molecule has 3 aromatic rings. The van der Waals surface area contributed by atoms with Crippen LogP contribution < -0.4 is 4.90 Å². The number of nitrogens with zero attached hydrogens (tertiary/aromatic N) is 4. The fourth-order valence-electron chi connectivity index (χ4n) is 5.79. The van der Waals surface area contributed by atoms with Crippen LogP contribution in [0.5, 0.6) is 0 Å². The molecule has 1 aliphatic carbocycles. The molecule has 37 heavy (non-hydrogen) atoms. The second kappa shape index (κ2) is 10.7. The molecule has 1 saturated heterocycles. The fraction of sp³-hybridized carbons (Fsp3) is 0.567. The van der Waals surface area contributed by atoms with E-state index >= 15 is 0 Å².